The van der Waals surface area contributed by atoms with Gasteiger partial charge in [0.05, 0.1) is 18.1 Å². The van der Waals surface area contributed by atoms with Gasteiger partial charge in [0.1, 0.15) is 10.6 Å². The molecule has 0 aromatic heterocycles. The van der Waals surface area contributed by atoms with Crippen molar-refractivity contribution >= 4 is 35.0 Å². The van der Waals surface area contributed by atoms with Crippen molar-refractivity contribution in [1.29, 1.82) is 0 Å². The maximum absolute atomic E-state index is 13.3. The molecule has 1 amide bonds. The number of carbonyl (C=O) groups is 1. The molecule has 0 atom stereocenters. The van der Waals surface area contributed by atoms with Crippen LogP contribution in [0.2, 0.25) is 10.0 Å². The van der Waals surface area contributed by atoms with Gasteiger partial charge in [-0.25, -0.2) is 0 Å². The van der Waals surface area contributed by atoms with Crippen LogP contribution in [-0.2, 0) is 4.74 Å². The Kier molecular flexibility index (Phi) is 5.60. The van der Waals surface area contributed by atoms with E-state index in [0.29, 0.717) is 28.5 Å². The number of ether oxygens (including phenoxy) is 1. The number of nitrogens with one attached hydrogen (secondary N) is 1. The van der Waals surface area contributed by atoms with Crippen molar-refractivity contribution in [2.45, 2.75) is 52.1 Å². The van der Waals surface area contributed by atoms with Crippen LogP contribution in [0.3, 0.4) is 0 Å². The summed E-state index contributed by atoms with van der Waals surface area (Å²) in [6.45, 7) is 9.23. The van der Waals surface area contributed by atoms with Crippen molar-refractivity contribution in [3.8, 4) is 0 Å². The number of hydrogen-bond donors (Lipinski definition) is 1. The first-order chi connectivity index (χ1) is 12.2. The number of amides is 1. The van der Waals surface area contributed by atoms with E-state index in [2.05, 4.69) is 5.32 Å². The zero-order valence-corrected chi connectivity index (χ0v) is 17.4. The van der Waals surface area contributed by atoms with E-state index < -0.39 is 5.60 Å². The number of carbonyl (C=O) groups excluding carboxylic acids is 1. The fourth-order valence-corrected chi connectivity index (χ4v) is 4.70. The molecule has 2 aliphatic rings. The molecule has 1 N–H and O–H groups in total. The first kappa shape index (κ1) is 19.9. The number of hydrogen-bond acceptors (Lipinski definition) is 3. The molecule has 2 aliphatic heterocycles. The fraction of sp³-hybridized carbons (Fsp3) is 0.650. The Morgan fingerprint density at radius 2 is 1.73 bits per heavy atom. The highest BCUT2D eigenvalue weighted by atomic mass is 35.5. The fourth-order valence-electron chi connectivity index (χ4n) is 4.24. The molecule has 1 aromatic carbocycles. The summed E-state index contributed by atoms with van der Waals surface area (Å²) in [5.41, 5.74) is 0.550. The lowest BCUT2D eigenvalue weighted by Crippen LogP contribution is -2.62. The molecule has 1 spiro atoms. The minimum atomic E-state index is -0.544. The van der Waals surface area contributed by atoms with Gasteiger partial charge in [-0.1, -0.05) is 29.3 Å². The maximum atomic E-state index is 13.3. The van der Waals surface area contributed by atoms with Gasteiger partial charge >= 0.3 is 6.09 Å². The van der Waals surface area contributed by atoms with Crippen molar-refractivity contribution < 1.29 is 9.53 Å². The highest BCUT2D eigenvalue weighted by Crippen LogP contribution is 2.46. The average Bonchev–Trinajstić information content (AvgIpc) is 2.58. The number of piperidine rings is 2. The Labute approximate surface area is 166 Å². The van der Waals surface area contributed by atoms with E-state index >= 15 is 0 Å². The Morgan fingerprint density at radius 1 is 1.12 bits per heavy atom. The third kappa shape index (κ3) is 3.89. The van der Waals surface area contributed by atoms with Gasteiger partial charge in [-0.05, 0) is 58.2 Å². The normalized spacial score (nSPS) is 22.2. The zero-order chi connectivity index (χ0) is 19.0. The monoisotopic (exact) mass is 399 g/mol. The number of nitrogens with zero attached hydrogens (tertiary/aromatic N) is 1. The van der Waals surface area contributed by atoms with Crippen LogP contribution in [0.1, 0.15) is 46.5 Å². The van der Waals surface area contributed by atoms with E-state index in [-0.39, 0.29) is 10.6 Å². The maximum Gasteiger partial charge on any atom is 0.521 e. The van der Waals surface area contributed by atoms with E-state index in [9.17, 15) is 4.79 Å². The lowest BCUT2D eigenvalue weighted by atomic mass is 9.71. The minimum absolute atomic E-state index is 0.131. The highest BCUT2D eigenvalue weighted by Gasteiger charge is 2.51. The van der Waals surface area contributed by atoms with Crippen LogP contribution in [0.25, 0.3) is 0 Å². The van der Waals surface area contributed by atoms with Crippen LogP contribution in [0, 0.1) is 5.41 Å². The predicted octanol–water partition coefficient (Wildman–Crippen LogP) is 5.40. The Bertz CT molecular complexity index is 669. The molecule has 0 aliphatic carbocycles. The van der Waals surface area contributed by atoms with E-state index in [1.54, 1.807) is 6.07 Å². The zero-order valence-electron chi connectivity index (χ0n) is 15.9. The number of quaternary nitrogens is 1. The third-order valence-electron chi connectivity index (χ3n) is 5.85. The summed E-state index contributed by atoms with van der Waals surface area (Å²) in [7, 11) is 0. The molecule has 144 valence electrons. The van der Waals surface area contributed by atoms with Crippen LogP contribution in [-0.4, -0.2) is 37.9 Å². The first-order valence-corrected chi connectivity index (χ1v) is 10.2. The molecule has 3 rings (SSSR count). The molecule has 2 saturated heterocycles. The topological polar surface area (TPSA) is 38.3 Å². The lowest BCUT2D eigenvalue weighted by molar-refractivity contribution is 0.00757. The summed E-state index contributed by atoms with van der Waals surface area (Å²) >= 11 is 12.8. The standard InChI is InChI=1S/C20H29Cl2N2O2/c1-19(2,3)26-18(25)24(16-6-4-5-15(21)17(16)22)13-9-20(10-14-24)7-11-23-12-8-20/h4-6,23H,7-14H2,1-3H3/q+1. The minimum Gasteiger partial charge on any atom is -0.414 e. The van der Waals surface area contributed by atoms with Gasteiger partial charge in [-0.15, -0.1) is 0 Å². The molecule has 4 nitrogen and oxygen atoms in total. The van der Waals surface area contributed by atoms with Crippen molar-refractivity contribution in [2.24, 2.45) is 5.41 Å². The van der Waals surface area contributed by atoms with Crippen LogP contribution >= 0.6 is 23.2 Å². The second kappa shape index (κ2) is 7.31. The summed E-state index contributed by atoms with van der Waals surface area (Å²) in [5.74, 6) is 0. The van der Waals surface area contributed by atoms with E-state index in [1.165, 1.54) is 12.8 Å². The number of benzene rings is 1. The highest BCUT2D eigenvalue weighted by molar-refractivity contribution is 6.43. The smallest absolute Gasteiger partial charge is 0.414 e. The van der Waals surface area contributed by atoms with Crippen molar-refractivity contribution in [3.63, 3.8) is 0 Å². The van der Waals surface area contributed by atoms with Crippen molar-refractivity contribution in [3.05, 3.63) is 28.2 Å². The van der Waals surface area contributed by atoms with Crippen molar-refractivity contribution in [1.82, 2.24) is 9.80 Å². The van der Waals surface area contributed by atoms with Crippen LogP contribution in [0.5, 0.6) is 0 Å². The average molecular weight is 400 g/mol. The Morgan fingerprint density at radius 3 is 2.31 bits per heavy atom. The van der Waals surface area contributed by atoms with Gasteiger partial charge in [0, 0.05) is 18.9 Å². The van der Waals surface area contributed by atoms with Gasteiger partial charge in [0.25, 0.3) is 0 Å². The molecule has 1 aromatic rings. The molecule has 6 heteroatoms. The lowest BCUT2D eigenvalue weighted by Gasteiger charge is -2.47. The van der Waals surface area contributed by atoms with Crippen LogP contribution < -0.4 is 9.80 Å². The summed E-state index contributed by atoms with van der Waals surface area (Å²) < 4.78 is 5.96. The van der Waals surface area contributed by atoms with E-state index in [4.69, 9.17) is 27.9 Å². The molecule has 0 saturated carbocycles. The third-order valence-corrected chi connectivity index (χ3v) is 6.66. The number of halogens is 2. The van der Waals surface area contributed by atoms with E-state index in [1.807, 2.05) is 32.9 Å². The molecular formula is C20H29Cl2N2O2+. The second-order valence-corrected chi connectivity index (χ2v) is 9.50. The quantitative estimate of drug-likeness (QED) is 0.642. The molecule has 0 bridgehead atoms. The van der Waals surface area contributed by atoms with Crippen LogP contribution in [0.4, 0.5) is 10.5 Å². The Balaban J connectivity index is 1.96. The summed E-state index contributed by atoms with van der Waals surface area (Å²) in [5, 5.41) is 4.38. The molecule has 2 heterocycles. The van der Waals surface area contributed by atoms with Crippen molar-refractivity contribution in [2.75, 3.05) is 26.2 Å². The largest absolute Gasteiger partial charge is 0.521 e. The van der Waals surface area contributed by atoms with Crippen LogP contribution in [0.15, 0.2) is 18.2 Å². The summed E-state index contributed by atoms with van der Waals surface area (Å²) in [4.78, 5) is 13.3. The van der Waals surface area contributed by atoms with Gasteiger partial charge in [-0.2, -0.15) is 9.28 Å². The van der Waals surface area contributed by atoms with Gasteiger partial charge in [0.2, 0.25) is 0 Å². The first-order valence-electron chi connectivity index (χ1n) is 9.44. The molecule has 26 heavy (non-hydrogen) atoms. The van der Waals surface area contributed by atoms with E-state index in [0.717, 1.165) is 31.6 Å². The second-order valence-electron chi connectivity index (χ2n) is 8.72. The van der Waals surface area contributed by atoms with Gasteiger partial charge < -0.3 is 10.1 Å². The SMILES string of the molecule is CC(C)(C)OC(=O)[N+]1(c2cccc(Cl)c2Cl)CCC2(CCNCC2)CC1. The summed E-state index contributed by atoms with van der Waals surface area (Å²) in [6.07, 6.45) is 4.10. The Hall–Kier alpha value is -0.810. The number of rotatable bonds is 1. The molecule has 0 radical (unpaired) electrons. The number of likely N-dealkylation sites (tertiary alicyclic amines) is 1. The summed E-state index contributed by atoms with van der Waals surface area (Å²) in [6, 6.07) is 5.54. The predicted molar refractivity (Wildman–Crippen MR) is 108 cm³/mol. The molecular weight excluding hydrogens is 371 g/mol. The van der Waals surface area contributed by atoms with Gasteiger partial charge in [0.15, 0.2) is 5.69 Å². The molecule has 0 unspecified atom stereocenters. The van der Waals surface area contributed by atoms with Gasteiger partial charge in [-0.3, -0.25) is 0 Å². The molecule has 2 fully saturated rings.